The summed E-state index contributed by atoms with van der Waals surface area (Å²) in [6.45, 7) is 2.88. The molecule has 0 aliphatic heterocycles. The summed E-state index contributed by atoms with van der Waals surface area (Å²) in [5.74, 6) is -1.08. The number of carbonyl (C=O) groups excluding carboxylic acids is 2. The number of thiazole rings is 1. The highest BCUT2D eigenvalue weighted by Gasteiger charge is 2.09. The molecule has 0 fully saturated rings. The van der Waals surface area contributed by atoms with Gasteiger partial charge >= 0.3 is 5.97 Å². The number of ether oxygens (including phenoxy) is 1. The number of hydrogen-bond donors (Lipinski definition) is 1. The molecule has 1 aromatic heterocycles. The molecule has 5 nitrogen and oxygen atoms in total. The van der Waals surface area contributed by atoms with Crippen molar-refractivity contribution in [2.75, 3.05) is 11.9 Å². The van der Waals surface area contributed by atoms with Crippen molar-refractivity contribution in [1.29, 1.82) is 0 Å². The SMILES string of the molecule is C=CC(=O)OCC(=O)Nc1nc(-c2cccc(Br)c2)cs1. The van der Waals surface area contributed by atoms with E-state index in [0.717, 1.165) is 21.8 Å². The van der Waals surface area contributed by atoms with Gasteiger partial charge in [-0.25, -0.2) is 9.78 Å². The van der Waals surface area contributed by atoms with E-state index in [1.807, 2.05) is 29.6 Å². The maximum absolute atomic E-state index is 11.6. The fraction of sp³-hybridized carbons (Fsp3) is 0.0714. The molecule has 108 valence electrons. The molecule has 7 heteroatoms. The van der Waals surface area contributed by atoms with Crippen LogP contribution in [0, 0.1) is 0 Å². The Balaban J connectivity index is 1.98. The Kier molecular flexibility index (Phi) is 5.24. The van der Waals surface area contributed by atoms with Crippen molar-refractivity contribution >= 4 is 44.3 Å². The maximum atomic E-state index is 11.6. The van der Waals surface area contributed by atoms with Crippen molar-refractivity contribution in [1.82, 2.24) is 4.98 Å². The van der Waals surface area contributed by atoms with Crippen LogP contribution >= 0.6 is 27.3 Å². The Morgan fingerprint density at radius 1 is 1.48 bits per heavy atom. The van der Waals surface area contributed by atoms with Gasteiger partial charge in [0.05, 0.1) is 5.69 Å². The second kappa shape index (κ2) is 7.14. The summed E-state index contributed by atoms with van der Waals surface area (Å²) in [6.07, 6.45) is 1.00. The summed E-state index contributed by atoms with van der Waals surface area (Å²) < 4.78 is 5.59. The van der Waals surface area contributed by atoms with Gasteiger partial charge in [-0.15, -0.1) is 11.3 Å². The van der Waals surface area contributed by atoms with Gasteiger partial charge in [0.25, 0.3) is 5.91 Å². The van der Waals surface area contributed by atoms with E-state index in [-0.39, 0.29) is 6.61 Å². The lowest BCUT2D eigenvalue weighted by molar-refractivity contribution is -0.142. The zero-order valence-corrected chi connectivity index (χ0v) is 13.2. The van der Waals surface area contributed by atoms with Crippen LogP contribution in [0.25, 0.3) is 11.3 Å². The highest BCUT2D eigenvalue weighted by atomic mass is 79.9. The standard InChI is InChI=1S/C14H11BrN2O3S/c1-2-13(19)20-7-12(18)17-14-16-11(8-21-14)9-4-3-5-10(15)6-9/h2-6,8H,1,7H2,(H,16,17,18). The van der Waals surface area contributed by atoms with Crippen molar-refractivity contribution in [3.63, 3.8) is 0 Å². The fourth-order valence-electron chi connectivity index (χ4n) is 1.46. The smallest absolute Gasteiger partial charge is 0.330 e. The molecule has 1 aromatic carbocycles. The number of anilines is 1. The minimum Gasteiger partial charge on any atom is -0.452 e. The normalized spacial score (nSPS) is 9.95. The summed E-state index contributed by atoms with van der Waals surface area (Å²) in [4.78, 5) is 26.7. The second-order valence-corrected chi connectivity index (χ2v) is 5.68. The molecule has 21 heavy (non-hydrogen) atoms. The van der Waals surface area contributed by atoms with Gasteiger partial charge in [0.1, 0.15) is 0 Å². The predicted octanol–water partition coefficient (Wildman–Crippen LogP) is 3.24. The van der Waals surface area contributed by atoms with Crippen LogP contribution < -0.4 is 5.32 Å². The van der Waals surface area contributed by atoms with Crippen molar-refractivity contribution in [2.24, 2.45) is 0 Å². The topological polar surface area (TPSA) is 68.3 Å². The van der Waals surface area contributed by atoms with Gasteiger partial charge in [0.2, 0.25) is 0 Å². The van der Waals surface area contributed by atoms with Crippen LogP contribution in [-0.4, -0.2) is 23.5 Å². The molecule has 2 aromatic rings. The van der Waals surface area contributed by atoms with Crippen LogP contribution in [-0.2, 0) is 14.3 Å². The number of nitrogens with zero attached hydrogens (tertiary/aromatic N) is 1. The molecular weight excluding hydrogens is 356 g/mol. The van der Waals surface area contributed by atoms with Crippen LogP contribution in [0.15, 0.2) is 46.8 Å². The molecule has 0 saturated carbocycles. The van der Waals surface area contributed by atoms with Crippen molar-refractivity contribution in [2.45, 2.75) is 0 Å². The zero-order valence-electron chi connectivity index (χ0n) is 10.8. The molecule has 1 amide bonds. The molecule has 0 unspecified atom stereocenters. The fourth-order valence-corrected chi connectivity index (χ4v) is 2.60. The molecule has 0 atom stereocenters. The molecule has 1 N–H and O–H groups in total. The average molecular weight is 367 g/mol. The van der Waals surface area contributed by atoms with Crippen LogP contribution in [0.1, 0.15) is 0 Å². The Hall–Kier alpha value is -1.99. The Morgan fingerprint density at radius 2 is 2.29 bits per heavy atom. The number of aromatic nitrogens is 1. The molecule has 0 radical (unpaired) electrons. The van der Waals surface area contributed by atoms with Crippen molar-refractivity contribution in [3.8, 4) is 11.3 Å². The number of hydrogen-bond acceptors (Lipinski definition) is 5. The summed E-state index contributed by atoms with van der Waals surface area (Å²) in [5, 5.41) is 4.86. The van der Waals surface area contributed by atoms with Crippen LogP contribution in [0.4, 0.5) is 5.13 Å². The zero-order chi connectivity index (χ0) is 15.2. The number of rotatable bonds is 5. The molecule has 1 heterocycles. The molecule has 0 spiro atoms. The van der Waals surface area contributed by atoms with Gasteiger partial charge in [0.15, 0.2) is 11.7 Å². The van der Waals surface area contributed by atoms with E-state index < -0.39 is 11.9 Å². The minimum atomic E-state index is -0.640. The van der Waals surface area contributed by atoms with Gasteiger partial charge < -0.3 is 4.74 Å². The van der Waals surface area contributed by atoms with E-state index in [1.165, 1.54) is 11.3 Å². The van der Waals surface area contributed by atoms with Gasteiger partial charge in [-0.05, 0) is 12.1 Å². The van der Waals surface area contributed by atoms with Gasteiger partial charge in [-0.3, -0.25) is 10.1 Å². The lowest BCUT2D eigenvalue weighted by atomic mass is 10.2. The van der Waals surface area contributed by atoms with Crippen LogP contribution in [0.5, 0.6) is 0 Å². The number of amides is 1. The van der Waals surface area contributed by atoms with E-state index >= 15 is 0 Å². The van der Waals surface area contributed by atoms with Gasteiger partial charge in [-0.1, -0.05) is 34.6 Å². The van der Waals surface area contributed by atoms with E-state index in [2.05, 4.69) is 37.5 Å². The Labute approximate surface area is 133 Å². The lowest BCUT2D eigenvalue weighted by Gasteiger charge is -2.01. The van der Waals surface area contributed by atoms with Crippen molar-refractivity contribution in [3.05, 3.63) is 46.8 Å². The molecular formula is C14H11BrN2O3S. The van der Waals surface area contributed by atoms with E-state index in [1.54, 1.807) is 0 Å². The van der Waals surface area contributed by atoms with Crippen molar-refractivity contribution < 1.29 is 14.3 Å². The molecule has 0 saturated heterocycles. The third-order valence-corrected chi connectivity index (χ3v) is 3.63. The third kappa shape index (κ3) is 4.51. The summed E-state index contributed by atoms with van der Waals surface area (Å²) >= 11 is 4.70. The first-order chi connectivity index (χ1) is 10.1. The average Bonchev–Trinajstić information content (AvgIpc) is 2.93. The van der Waals surface area contributed by atoms with Crippen LogP contribution in [0.2, 0.25) is 0 Å². The van der Waals surface area contributed by atoms with Gasteiger partial charge in [-0.2, -0.15) is 0 Å². The molecule has 0 bridgehead atoms. The highest BCUT2D eigenvalue weighted by Crippen LogP contribution is 2.26. The summed E-state index contributed by atoms with van der Waals surface area (Å²) in [7, 11) is 0. The quantitative estimate of drug-likeness (QED) is 0.651. The Morgan fingerprint density at radius 3 is 3.00 bits per heavy atom. The summed E-state index contributed by atoms with van der Waals surface area (Å²) in [5.41, 5.74) is 1.71. The first-order valence-corrected chi connectivity index (χ1v) is 7.56. The second-order valence-electron chi connectivity index (χ2n) is 3.91. The maximum Gasteiger partial charge on any atom is 0.330 e. The number of halogens is 1. The van der Waals surface area contributed by atoms with E-state index in [9.17, 15) is 9.59 Å². The summed E-state index contributed by atoms with van der Waals surface area (Å²) in [6, 6.07) is 7.70. The molecule has 0 aliphatic rings. The Bertz CT molecular complexity index is 684. The molecule has 2 rings (SSSR count). The number of carbonyl (C=O) groups is 2. The highest BCUT2D eigenvalue weighted by molar-refractivity contribution is 9.10. The monoisotopic (exact) mass is 366 g/mol. The van der Waals surface area contributed by atoms with Crippen LogP contribution in [0.3, 0.4) is 0 Å². The third-order valence-electron chi connectivity index (χ3n) is 2.38. The number of nitrogens with one attached hydrogen (secondary N) is 1. The van der Waals surface area contributed by atoms with Gasteiger partial charge in [0, 0.05) is 21.5 Å². The number of esters is 1. The lowest BCUT2D eigenvalue weighted by Crippen LogP contribution is -2.19. The van der Waals surface area contributed by atoms with E-state index in [4.69, 9.17) is 0 Å². The first-order valence-electron chi connectivity index (χ1n) is 5.89. The largest absolute Gasteiger partial charge is 0.452 e. The predicted molar refractivity (Wildman–Crippen MR) is 85.0 cm³/mol. The minimum absolute atomic E-state index is 0.364. The van der Waals surface area contributed by atoms with E-state index in [0.29, 0.717) is 5.13 Å². The number of benzene rings is 1. The molecule has 0 aliphatic carbocycles. The first kappa shape index (κ1) is 15.4.